The maximum atomic E-state index is 12.5. The van der Waals surface area contributed by atoms with E-state index in [9.17, 15) is 14.4 Å². The van der Waals surface area contributed by atoms with Crippen molar-refractivity contribution in [1.29, 1.82) is 0 Å². The first-order valence-corrected chi connectivity index (χ1v) is 8.60. The van der Waals surface area contributed by atoms with Crippen LogP contribution in [0, 0.1) is 0 Å². The Balaban J connectivity index is 2.10. The molecule has 1 atom stereocenters. The maximum Gasteiger partial charge on any atom is 0.355 e. The summed E-state index contributed by atoms with van der Waals surface area (Å²) >= 11 is 0. The second-order valence-corrected chi connectivity index (χ2v) is 5.89. The van der Waals surface area contributed by atoms with Gasteiger partial charge in [-0.25, -0.2) is 4.79 Å². The molecule has 0 fully saturated rings. The van der Waals surface area contributed by atoms with Crippen molar-refractivity contribution in [2.75, 3.05) is 12.4 Å². The Morgan fingerprint density at radius 1 is 1.00 bits per heavy atom. The topological polar surface area (TPSA) is 93.7 Å². The molecule has 0 saturated heterocycles. The molecule has 2 aromatic rings. The number of nitrogens with one attached hydrogen (secondary N) is 2. The third-order valence-electron chi connectivity index (χ3n) is 3.66. The number of esters is 1. The van der Waals surface area contributed by atoms with Gasteiger partial charge in [-0.1, -0.05) is 42.5 Å². The quantitative estimate of drug-likeness (QED) is 0.567. The van der Waals surface area contributed by atoms with E-state index in [2.05, 4.69) is 10.6 Å². The molecule has 2 amide bonds. The molecule has 2 N–H and O–H groups in total. The number of rotatable bonds is 7. The van der Waals surface area contributed by atoms with Crippen LogP contribution >= 0.6 is 0 Å². The average Bonchev–Trinajstić information content (AvgIpc) is 2.68. The lowest BCUT2D eigenvalue weighted by Gasteiger charge is -2.16. The van der Waals surface area contributed by atoms with Gasteiger partial charge in [0.2, 0.25) is 5.91 Å². The summed E-state index contributed by atoms with van der Waals surface area (Å²) < 4.78 is 10.4. The Labute approximate surface area is 163 Å². The summed E-state index contributed by atoms with van der Waals surface area (Å²) in [6.07, 6.45) is 0.388. The Morgan fingerprint density at radius 2 is 1.64 bits per heavy atom. The highest BCUT2D eigenvalue weighted by Crippen LogP contribution is 2.23. The molecule has 0 spiro atoms. The third kappa shape index (κ3) is 5.98. The standard InChI is InChI=1S/C21H22N2O5/c1-14(20(25)23-17-11-7-8-12-19(17)27-3)28-21(26)18(22-15(2)24)13-16-9-5-4-6-10-16/h4-14H,1-3H3,(H,22,24)(H,23,25)/b18-13+. The zero-order valence-corrected chi connectivity index (χ0v) is 15.9. The Hall–Kier alpha value is -3.61. The third-order valence-corrected chi connectivity index (χ3v) is 3.66. The highest BCUT2D eigenvalue weighted by molar-refractivity contribution is 6.01. The molecule has 0 saturated carbocycles. The van der Waals surface area contributed by atoms with Crippen molar-refractivity contribution < 1.29 is 23.9 Å². The van der Waals surface area contributed by atoms with Crippen LogP contribution in [0.1, 0.15) is 19.4 Å². The number of hydrogen-bond acceptors (Lipinski definition) is 5. The van der Waals surface area contributed by atoms with Crippen LogP contribution in [0.25, 0.3) is 6.08 Å². The van der Waals surface area contributed by atoms with Gasteiger partial charge in [0, 0.05) is 6.92 Å². The van der Waals surface area contributed by atoms with Gasteiger partial charge in [0.05, 0.1) is 12.8 Å². The molecule has 0 bridgehead atoms. The van der Waals surface area contributed by atoms with Crippen molar-refractivity contribution in [2.24, 2.45) is 0 Å². The van der Waals surface area contributed by atoms with Gasteiger partial charge < -0.3 is 20.1 Å². The minimum absolute atomic E-state index is 0.0596. The smallest absolute Gasteiger partial charge is 0.355 e. The zero-order chi connectivity index (χ0) is 20.5. The highest BCUT2D eigenvalue weighted by atomic mass is 16.5. The summed E-state index contributed by atoms with van der Waals surface area (Å²) in [7, 11) is 1.49. The lowest BCUT2D eigenvalue weighted by molar-refractivity contribution is -0.149. The van der Waals surface area contributed by atoms with Crippen LogP contribution in [0.5, 0.6) is 5.75 Å². The number of benzene rings is 2. The van der Waals surface area contributed by atoms with Crippen LogP contribution in [0.2, 0.25) is 0 Å². The molecule has 2 aromatic carbocycles. The lowest BCUT2D eigenvalue weighted by atomic mass is 10.2. The van der Waals surface area contributed by atoms with E-state index in [1.807, 2.05) is 6.07 Å². The number of carbonyl (C=O) groups is 3. The van der Waals surface area contributed by atoms with E-state index in [-0.39, 0.29) is 5.70 Å². The summed E-state index contributed by atoms with van der Waals surface area (Å²) in [5.74, 6) is -1.29. The molecule has 2 rings (SSSR count). The molecule has 28 heavy (non-hydrogen) atoms. The number of hydrogen-bond donors (Lipinski definition) is 2. The van der Waals surface area contributed by atoms with Crippen LogP contribution in [0.3, 0.4) is 0 Å². The number of carbonyl (C=O) groups excluding carboxylic acids is 3. The number of para-hydroxylation sites is 2. The zero-order valence-electron chi connectivity index (χ0n) is 15.9. The Kier molecular flexibility index (Phi) is 7.33. The first kappa shape index (κ1) is 20.7. The first-order valence-electron chi connectivity index (χ1n) is 8.60. The van der Waals surface area contributed by atoms with Crippen molar-refractivity contribution in [2.45, 2.75) is 20.0 Å². The highest BCUT2D eigenvalue weighted by Gasteiger charge is 2.22. The lowest BCUT2D eigenvalue weighted by Crippen LogP contribution is -2.33. The number of ether oxygens (including phenoxy) is 2. The Bertz CT molecular complexity index is 877. The molecule has 0 heterocycles. The average molecular weight is 382 g/mol. The molecule has 7 heteroatoms. The molecule has 0 aliphatic carbocycles. The fourth-order valence-electron chi connectivity index (χ4n) is 2.31. The molecular weight excluding hydrogens is 360 g/mol. The van der Waals surface area contributed by atoms with E-state index in [4.69, 9.17) is 9.47 Å². The minimum atomic E-state index is -1.09. The fraction of sp³-hybridized carbons (Fsp3) is 0.190. The summed E-state index contributed by atoms with van der Waals surface area (Å²) in [6, 6.07) is 15.8. The van der Waals surface area contributed by atoms with Gasteiger partial charge in [0.25, 0.3) is 5.91 Å². The molecule has 0 aliphatic heterocycles. The van der Waals surface area contributed by atoms with Gasteiger partial charge in [-0.05, 0) is 30.7 Å². The first-order chi connectivity index (χ1) is 13.4. The SMILES string of the molecule is COc1ccccc1NC(=O)C(C)OC(=O)/C(=C\c1ccccc1)NC(C)=O. The van der Waals surface area contributed by atoms with Gasteiger partial charge in [-0.2, -0.15) is 0 Å². The minimum Gasteiger partial charge on any atom is -0.495 e. The predicted molar refractivity (Wildman–Crippen MR) is 105 cm³/mol. The van der Waals surface area contributed by atoms with Crippen LogP contribution in [-0.2, 0) is 19.1 Å². The molecule has 0 aromatic heterocycles. The van der Waals surface area contributed by atoms with Crippen molar-refractivity contribution in [3.8, 4) is 5.75 Å². The fourth-order valence-corrected chi connectivity index (χ4v) is 2.31. The molecular formula is C21H22N2O5. The summed E-state index contributed by atoms with van der Waals surface area (Å²) in [5, 5.41) is 5.08. The van der Waals surface area contributed by atoms with Crippen LogP contribution in [-0.4, -0.2) is 31.0 Å². The summed E-state index contributed by atoms with van der Waals surface area (Å²) in [6.45, 7) is 2.72. The van der Waals surface area contributed by atoms with Gasteiger partial charge in [0.15, 0.2) is 6.10 Å². The van der Waals surface area contributed by atoms with Gasteiger partial charge in [-0.3, -0.25) is 9.59 Å². The monoisotopic (exact) mass is 382 g/mol. The van der Waals surface area contributed by atoms with Crippen LogP contribution in [0.4, 0.5) is 5.69 Å². The number of amides is 2. The predicted octanol–water partition coefficient (Wildman–Crippen LogP) is 2.74. The van der Waals surface area contributed by atoms with Crippen LogP contribution in [0.15, 0.2) is 60.3 Å². The largest absolute Gasteiger partial charge is 0.495 e. The van der Waals surface area contributed by atoms with E-state index in [0.29, 0.717) is 17.0 Å². The normalized spacial score (nSPS) is 11.9. The molecule has 0 aliphatic rings. The summed E-state index contributed by atoms with van der Waals surface area (Å²) in [4.78, 5) is 36.3. The second-order valence-electron chi connectivity index (χ2n) is 5.89. The second kappa shape index (κ2) is 9.91. The molecule has 1 unspecified atom stereocenters. The molecule has 0 radical (unpaired) electrons. The number of anilines is 1. The van der Waals surface area contributed by atoms with E-state index in [1.165, 1.54) is 27.0 Å². The number of methoxy groups -OCH3 is 1. The molecule has 146 valence electrons. The van der Waals surface area contributed by atoms with Crippen molar-refractivity contribution >= 4 is 29.5 Å². The van der Waals surface area contributed by atoms with Gasteiger partial charge in [-0.15, -0.1) is 0 Å². The van der Waals surface area contributed by atoms with Gasteiger partial charge in [0.1, 0.15) is 11.4 Å². The van der Waals surface area contributed by atoms with Crippen LogP contribution < -0.4 is 15.4 Å². The Morgan fingerprint density at radius 3 is 2.29 bits per heavy atom. The maximum absolute atomic E-state index is 12.5. The van der Waals surface area contributed by atoms with Crippen molar-refractivity contribution in [3.63, 3.8) is 0 Å². The van der Waals surface area contributed by atoms with E-state index >= 15 is 0 Å². The van der Waals surface area contributed by atoms with Crippen molar-refractivity contribution in [1.82, 2.24) is 5.32 Å². The molecule has 7 nitrogen and oxygen atoms in total. The van der Waals surface area contributed by atoms with Gasteiger partial charge >= 0.3 is 5.97 Å². The van der Waals surface area contributed by atoms with E-state index < -0.39 is 23.9 Å². The summed E-state index contributed by atoms with van der Waals surface area (Å²) in [5.41, 5.74) is 1.10. The van der Waals surface area contributed by atoms with E-state index in [1.54, 1.807) is 48.5 Å². The van der Waals surface area contributed by atoms with Crippen molar-refractivity contribution in [3.05, 3.63) is 65.9 Å². The van der Waals surface area contributed by atoms with E-state index in [0.717, 1.165) is 0 Å².